The van der Waals surface area contributed by atoms with Gasteiger partial charge in [-0.05, 0) is 18.6 Å². The predicted octanol–water partition coefficient (Wildman–Crippen LogP) is 2.17. The first-order chi connectivity index (χ1) is 6.06. The third kappa shape index (κ3) is 1.75. The second kappa shape index (κ2) is 3.40. The summed E-state index contributed by atoms with van der Waals surface area (Å²) in [5.41, 5.74) is 5.37. The monoisotopic (exact) mass is 182 g/mol. The Hall–Kier alpha value is -1.63. The topological polar surface area (TPSA) is 49.8 Å². The fourth-order valence-electron chi connectivity index (χ4n) is 1.03. The van der Waals surface area contributed by atoms with Crippen LogP contribution < -0.4 is 5.73 Å². The molecule has 1 aromatic rings. The molecule has 1 atom stereocenters. The van der Waals surface area contributed by atoms with Crippen LogP contribution >= 0.6 is 0 Å². The fourth-order valence-corrected chi connectivity index (χ4v) is 1.03. The Balaban J connectivity index is 3.30. The van der Waals surface area contributed by atoms with Crippen molar-refractivity contribution in [1.29, 1.82) is 5.26 Å². The van der Waals surface area contributed by atoms with E-state index in [1.807, 2.05) is 6.07 Å². The minimum absolute atomic E-state index is 0.157. The predicted molar refractivity (Wildman–Crippen MR) is 44.8 cm³/mol. The molecule has 0 aromatic heterocycles. The number of nitrogen functional groups attached to an aromatic ring is 1. The summed E-state index contributed by atoms with van der Waals surface area (Å²) in [7, 11) is 0. The van der Waals surface area contributed by atoms with Crippen LogP contribution in [-0.4, -0.2) is 0 Å². The molecule has 0 aliphatic carbocycles. The number of benzene rings is 1. The summed E-state index contributed by atoms with van der Waals surface area (Å²) in [4.78, 5) is 0. The summed E-state index contributed by atoms with van der Waals surface area (Å²) in [6.45, 7) is 1.53. The molecule has 13 heavy (non-hydrogen) atoms. The highest BCUT2D eigenvalue weighted by Crippen LogP contribution is 2.25. The summed E-state index contributed by atoms with van der Waals surface area (Å²) in [5, 5.41) is 8.54. The molecule has 0 amide bonds. The maximum Gasteiger partial charge on any atom is 0.149 e. The number of hydrogen-bond donors (Lipinski definition) is 1. The van der Waals surface area contributed by atoms with E-state index in [-0.39, 0.29) is 11.3 Å². The van der Waals surface area contributed by atoms with Crippen molar-refractivity contribution in [3.63, 3.8) is 0 Å². The Labute approximate surface area is 74.6 Å². The van der Waals surface area contributed by atoms with Gasteiger partial charge in [0.2, 0.25) is 0 Å². The molecule has 0 bridgehead atoms. The lowest BCUT2D eigenvalue weighted by atomic mass is 10.0. The molecule has 2 N–H and O–H groups in total. The van der Waals surface area contributed by atoms with E-state index in [4.69, 9.17) is 11.0 Å². The van der Waals surface area contributed by atoms with Gasteiger partial charge in [0.05, 0.1) is 17.7 Å². The van der Waals surface area contributed by atoms with Crippen molar-refractivity contribution in [2.24, 2.45) is 0 Å². The number of hydrogen-bond acceptors (Lipinski definition) is 2. The van der Waals surface area contributed by atoms with E-state index in [0.29, 0.717) is 6.07 Å². The third-order valence-electron chi connectivity index (χ3n) is 1.79. The highest BCUT2D eigenvalue weighted by Gasteiger charge is 2.13. The zero-order chi connectivity index (χ0) is 10.0. The van der Waals surface area contributed by atoms with E-state index in [0.717, 1.165) is 6.07 Å². The van der Waals surface area contributed by atoms with Crippen molar-refractivity contribution < 1.29 is 8.78 Å². The van der Waals surface area contributed by atoms with E-state index in [2.05, 4.69) is 0 Å². The smallest absolute Gasteiger partial charge is 0.149 e. The fraction of sp³-hybridized carbons (Fsp3) is 0.222. The molecule has 0 saturated carbocycles. The van der Waals surface area contributed by atoms with Crippen LogP contribution in [-0.2, 0) is 0 Å². The highest BCUT2D eigenvalue weighted by molar-refractivity contribution is 5.51. The van der Waals surface area contributed by atoms with Crippen molar-refractivity contribution in [1.82, 2.24) is 0 Å². The molecule has 0 aliphatic heterocycles. The molecule has 4 heteroatoms. The number of nitriles is 1. The first kappa shape index (κ1) is 9.46. The Morgan fingerprint density at radius 3 is 2.62 bits per heavy atom. The van der Waals surface area contributed by atoms with E-state index >= 15 is 0 Å². The van der Waals surface area contributed by atoms with E-state index in [1.54, 1.807) is 0 Å². The zero-order valence-corrected chi connectivity index (χ0v) is 7.01. The first-order valence-corrected chi connectivity index (χ1v) is 3.70. The molecule has 1 rings (SSSR count). The maximum absolute atomic E-state index is 12.9. The summed E-state index contributed by atoms with van der Waals surface area (Å²) >= 11 is 0. The van der Waals surface area contributed by atoms with Crippen molar-refractivity contribution in [3.05, 3.63) is 29.3 Å². The van der Waals surface area contributed by atoms with Gasteiger partial charge in [-0.3, -0.25) is 0 Å². The molecule has 1 unspecified atom stereocenters. The molecule has 0 heterocycles. The standard InChI is InChI=1S/C9H8F2N2/c1-5(4-12)7-2-6(10)3-8(11)9(7)13/h2-3,5H,13H2,1H3. The maximum atomic E-state index is 12.9. The summed E-state index contributed by atoms with van der Waals surface area (Å²) in [5.74, 6) is -2.15. The molecular weight excluding hydrogens is 174 g/mol. The van der Waals surface area contributed by atoms with Crippen LogP contribution in [0.25, 0.3) is 0 Å². The van der Waals surface area contributed by atoms with Gasteiger partial charge in [0.1, 0.15) is 11.6 Å². The molecular formula is C9H8F2N2. The van der Waals surface area contributed by atoms with Gasteiger partial charge in [0.15, 0.2) is 0 Å². The number of nitrogens with zero attached hydrogens (tertiary/aromatic N) is 1. The Morgan fingerprint density at radius 2 is 2.08 bits per heavy atom. The Bertz CT molecular complexity index is 369. The van der Waals surface area contributed by atoms with E-state index in [1.165, 1.54) is 6.92 Å². The van der Waals surface area contributed by atoms with Crippen molar-refractivity contribution in [2.45, 2.75) is 12.8 Å². The largest absolute Gasteiger partial charge is 0.396 e. The number of rotatable bonds is 1. The second-order valence-electron chi connectivity index (χ2n) is 2.74. The lowest BCUT2D eigenvalue weighted by Gasteiger charge is -2.07. The summed E-state index contributed by atoms with van der Waals surface area (Å²) < 4.78 is 25.6. The van der Waals surface area contributed by atoms with Crippen LogP contribution in [0.4, 0.5) is 14.5 Å². The Kier molecular flexibility index (Phi) is 2.47. The van der Waals surface area contributed by atoms with Gasteiger partial charge in [-0.1, -0.05) is 0 Å². The van der Waals surface area contributed by atoms with E-state index in [9.17, 15) is 8.78 Å². The minimum atomic E-state index is -0.822. The summed E-state index contributed by atoms with van der Waals surface area (Å²) in [6, 6.07) is 3.64. The quantitative estimate of drug-likeness (QED) is 0.676. The van der Waals surface area contributed by atoms with Gasteiger partial charge >= 0.3 is 0 Å². The summed E-state index contributed by atoms with van der Waals surface area (Å²) in [6.07, 6.45) is 0. The highest BCUT2D eigenvalue weighted by atomic mass is 19.1. The average Bonchev–Trinajstić information content (AvgIpc) is 2.10. The molecule has 68 valence electrons. The van der Waals surface area contributed by atoms with Crippen LogP contribution in [0.2, 0.25) is 0 Å². The Morgan fingerprint density at radius 1 is 1.46 bits per heavy atom. The molecule has 2 nitrogen and oxygen atoms in total. The minimum Gasteiger partial charge on any atom is -0.396 e. The van der Waals surface area contributed by atoms with Crippen LogP contribution in [0, 0.1) is 23.0 Å². The number of anilines is 1. The molecule has 0 fully saturated rings. The van der Waals surface area contributed by atoms with Crippen molar-refractivity contribution >= 4 is 5.69 Å². The van der Waals surface area contributed by atoms with Gasteiger partial charge < -0.3 is 5.73 Å². The van der Waals surface area contributed by atoms with E-state index < -0.39 is 17.6 Å². The van der Waals surface area contributed by atoms with Gasteiger partial charge in [0.25, 0.3) is 0 Å². The zero-order valence-electron chi connectivity index (χ0n) is 7.01. The molecule has 0 spiro atoms. The van der Waals surface area contributed by atoms with Gasteiger partial charge in [0, 0.05) is 6.07 Å². The normalized spacial score (nSPS) is 12.2. The van der Waals surface area contributed by atoms with Gasteiger partial charge in [-0.2, -0.15) is 5.26 Å². The van der Waals surface area contributed by atoms with Gasteiger partial charge in [-0.15, -0.1) is 0 Å². The molecule has 0 radical (unpaired) electrons. The van der Waals surface area contributed by atoms with Crippen LogP contribution in [0.1, 0.15) is 18.4 Å². The molecule has 0 saturated heterocycles. The van der Waals surface area contributed by atoms with Crippen LogP contribution in [0.5, 0.6) is 0 Å². The second-order valence-corrected chi connectivity index (χ2v) is 2.74. The van der Waals surface area contributed by atoms with Gasteiger partial charge in [-0.25, -0.2) is 8.78 Å². The third-order valence-corrected chi connectivity index (χ3v) is 1.79. The first-order valence-electron chi connectivity index (χ1n) is 3.70. The van der Waals surface area contributed by atoms with Crippen LogP contribution in [0.3, 0.4) is 0 Å². The lowest BCUT2D eigenvalue weighted by Crippen LogP contribution is -2.01. The number of nitrogens with two attached hydrogens (primary N) is 1. The van der Waals surface area contributed by atoms with Crippen LogP contribution in [0.15, 0.2) is 12.1 Å². The average molecular weight is 182 g/mol. The molecule has 0 aliphatic rings. The van der Waals surface area contributed by atoms with Crippen molar-refractivity contribution in [3.8, 4) is 6.07 Å². The van der Waals surface area contributed by atoms with Crippen molar-refractivity contribution in [2.75, 3.05) is 5.73 Å². The number of halogens is 2. The SMILES string of the molecule is CC(C#N)c1cc(F)cc(F)c1N. The lowest BCUT2D eigenvalue weighted by molar-refractivity contribution is 0.582. The molecule has 1 aromatic carbocycles.